The summed E-state index contributed by atoms with van der Waals surface area (Å²) in [7, 11) is 0.646. The van der Waals surface area contributed by atoms with Gasteiger partial charge in [0.1, 0.15) is 12.4 Å². The van der Waals surface area contributed by atoms with Crippen LogP contribution in [0.25, 0.3) is 0 Å². The molecule has 0 saturated heterocycles. The average Bonchev–Trinajstić information content (AvgIpc) is 2.39. The highest BCUT2D eigenvalue weighted by Gasteiger charge is 2.11. The van der Waals surface area contributed by atoms with Crippen molar-refractivity contribution in [1.29, 1.82) is 0 Å². The van der Waals surface area contributed by atoms with Crippen molar-refractivity contribution in [1.82, 2.24) is 4.90 Å². The van der Waals surface area contributed by atoms with E-state index >= 15 is 0 Å². The maximum absolute atomic E-state index is 9.09. The molecule has 0 saturated carbocycles. The number of hydrogen-bond donors (Lipinski definition) is 2. The molecule has 5 heteroatoms. The second kappa shape index (κ2) is 8.20. The van der Waals surface area contributed by atoms with Crippen molar-refractivity contribution < 1.29 is 14.8 Å². The smallest absolute Gasteiger partial charge is 0.488 e. The van der Waals surface area contributed by atoms with E-state index in [0.717, 1.165) is 6.54 Å². The van der Waals surface area contributed by atoms with E-state index in [-0.39, 0.29) is 0 Å². The predicted molar refractivity (Wildman–Crippen MR) is 78.8 cm³/mol. The summed E-state index contributed by atoms with van der Waals surface area (Å²) in [5.41, 5.74) is 0.449. The van der Waals surface area contributed by atoms with Gasteiger partial charge in [-0.15, -0.1) is 0 Å². The van der Waals surface area contributed by atoms with Gasteiger partial charge in [-0.05, 0) is 38.0 Å². The molecular weight excluding hydrogens is 241 g/mol. The van der Waals surface area contributed by atoms with E-state index in [1.54, 1.807) is 18.2 Å². The number of ether oxygens (including phenoxy) is 1. The molecule has 1 aromatic carbocycles. The van der Waals surface area contributed by atoms with Crippen LogP contribution in [0.3, 0.4) is 0 Å². The van der Waals surface area contributed by atoms with Crippen molar-refractivity contribution in [3.63, 3.8) is 0 Å². The fourth-order valence-corrected chi connectivity index (χ4v) is 1.93. The summed E-state index contributed by atoms with van der Waals surface area (Å²) in [5.74, 6) is 0.669. The predicted octanol–water partition coefficient (Wildman–Crippen LogP) is 0.866. The quantitative estimate of drug-likeness (QED) is 0.685. The Morgan fingerprint density at radius 3 is 2.74 bits per heavy atom. The molecule has 1 rings (SSSR count). The van der Waals surface area contributed by atoms with Gasteiger partial charge in [-0.2, -0.15) is 0 Å². The standard InChI is InChI=1S/C14H24BNO3/c1-4-6-12(2)16(3)9-10-19-14-8-5-7-13(11-14)15(17)18/h5,7-8,11-12,17-18H,4,6,9-10H2,1-3H3. The Hall–Kier alpha value is -1.04. The highest BCUT2D eigenvalue weighted by molar-refractivity contribution is 6.58. The molecule has 0 aliphatic heterocycles. The van der Waals surface area contributed by atoms with Crippen LogP contribution in [0.4, 0.5) is 0 Å². The Bertz CT molecular complexity index is 373. The van der Waals surface area contributed by atoms with E-state index in [0.29, 0.717) is 23.9 Å². The van der Waals surface area contributed by atoms with Crippen LogP contribution >= 0.6 is 0 Å². The van der Waals surface area contributed by atoms with E-state index < -0.39 is 7.12 Å². The minimum atomic E-state index is -1.45. The van der Waals surface area contributed by atoms with Gasteiger partial charge in [0, 0.05) is 12.6 Å². The van der Waals surface area contributed by atoms with Crippen molar-refractivity contribution in [2.24, 2.45) is 0 Å². The molecule has 0 fully saturated rings. The van der Waals surface area contributed by atoms with Gasteiger partial charge < -0.3 is 19.7 Å². The van der Waals surface area contributed by atoms with Crippen LogP contribution in [0.1, 0.15) is 26.7 Å². The van der Waals surface area contributed by atoms with Gasteiger partial charge in [0.2, 0.25) is 0 Å². The molecule has 0 bridgehead atoms. The van der Waals surface area contributed by atoms with Gasteiger partial charge in [0.05, 0.1) is 0 Å². The van der Waals surface area contributed by atoms with E-state index in [1.165, 1.54) is 12.8 Å². The van der Waals surface area contributed by atoms with Gasteiger partial charge in [0.15, 0.2) is 0 Å². The van der Waals surface area contributed by atoms with Gasteiger partial charge in [0.25, 0.3) is 0 Å². The molecule has 4 nitrogen and oxygen atoms in total. The second-order valence-corrected chi connectivity index (χ2v) is 4.91. The highest BCUT2D eigenvalue weighted by Crippen LogP contribution is 2.08. The van der Waals surface area contributed by atoms with Crippen LogP contribution in [-0.2, 0) is 0 Å². The van der Waals surface area contributed by atoms with Gasteiger partial charge >= 0.3 is 7.12 Å². The first kappa shape index (κ1) is 16.0. The van der Waals surface area contributed by atoms with Crippen LogP contribution in [0.15, 0.2) is 24.3 Å². The summed E-state index contributed by atoms with van der Waals surface area (Å²) in [6, 6.07) is 7.45. The maximum atomic E-state index is 9.09. The van der Waals surface area contributed by atoms with Crippen LogP contribution < -0.4 is 10.2 Å². The fourth-order valence-electron chi connectivity index (χ4n) is 1.93. The summed E-state index contributed by atoms with van der Waals surface area (Å²) in [6.07, 6.45) is 2.37. The molecule has 2 N–H and O–H groups in total. The minimum Gasteiger partial charge on any atom is -0.492 e. The Labute approximate surface area is 116 Å². The molecule has 106 valence electrons. The van der Waals surface area contributed by atoms with E-state index in [2.05, 4.69) is 25.8 Å². The Morgan fingerprint density at radius 1 is 1.37 bits per heavy atom. The number of nitrogens with zero attached hydrogens (tertiary/aromatic N) is 1. The fraction of sp³-hybridized carbons (Fsp3) is 0.571. The molecule has 0 aromatic heterocycles. The summed E-state index contributed by atoms with van der Waals surface area (Å²) >= 11 is 0. The largest absolute Gasteiger partial charge is 0.492 e. The first-order valence-corrected chi connectivity index (χ1v) is 6.83. The third-order valence-corrected chi connectivity index (χ3v) is 3.33. The minimum absolute atomic E-state index is 0.449. The number of benzene rings is 1. The number of likely N-dealkylation sites (N-methyl/N-ethyl adjacent to an activating group) is 1. The lowest BCUT2D eigenvalue weighted by Gasteiger charge is -2.24. The highest BCUT2D eigenvalue weighted by atomic mass is 16.5. The van der Waals surface area contributed by atoms with Crippen LogP contribution in [-0.4, -0.2) is 48.3 Å². The zero-order chi connectivity index (χ0) is 14.3. The summed E-state index contributed by atoms with van der Waals surface area (Å²) in [6.45, 7) is 5.85. The SMILES string of the molecule is CCCC(C)N(C)CCOc1cccc(B(O)O)c1. The zero-order valence-corrected chi connectivity index (χ0v) is 12.0. The van der Waals surface area contributed by atoms with Crippen LogP contribution in [0, 0.1) is 0 Å². The maximum Gasteiger partial charge on any atom is 0.488 e. The van der Waals surface area contributed by atoms with E-state index in [4.69, 9.17) is 14.8 Å². The van der Waals surface area contributed by atoms with E-state index in [1.807, 2.05) is 6.07 Å². The molecule has 0 radical (unpaired) electrons. The molecule has 0 spiro atoms. The van der Waals surface area contributed by atoms with Crippen molar-refractivity contribution in [2.75, 3.05) is 20.2 Å². The zero-order valence-electron chi connectivity index (χ0n) is 12.0. The van der Waals surface area contributed by atoms with Gasteiger partial charge in [-0.1, -0.05) is 25.5 Å². The van der Waals surface area contributed by atoms with Crippen LogP contribution in [0.5, 0.6) is 5.75 Å². The normalized spacial score (nSPS) is 12.5. The number of rotatable bonds is 8. The molecule has 0 amide bonds. The first-order chi connectivity index (χ1) is 9.04. The van der Waals surface area contributed by atoms with Crippen molar-refractivity contribution >= 4 is 12.6 Å². The summed E-state index contributed by atoms with van der Waals surface area (Å²) < 4.78 is 5.63. The Balaban J connectivity index is 2.38. The van der Waals surface area contributed by atoms with Gasteiger partial charge in [-0.3, -0.25) is 0 Å². The van der Waals surface area contributed by atoms with Crippen molar-refractivity contribution in [3.8, 4) is 5.75 Å². The molecule has 0 aliphatic carbocycles. The monoisotopic (exact) mass is 265 g/mol. The first-order valence-electron chi connectivity index (χ1n) is 6.83. The number of hydrogen-bond acceptors (Lipinski definition) is 4. The molecule has 1 unspecified atom stereocenters. The molecule has 1 aromatic rings. The Kier molecular flexibility index (Phi) is 6.91. The third kappa shape index (κ3) is 5.64. The lowest BCUT2D eigenvalue weighted by atomic mass is 9.80. The average molecular weight is 265 g/mol. The summed E-state index contributed by atoms with van der Waals surface area (Å²) in [4.78, 5) is 2.27. The molecule has 0 aliphatic rings. The van der Waals surface area contributed by atoms with E-state index in [9.17, 15) is 0 Å². The topological polar surface area (TPSA) is 52.9 Å². The lowest BCUT2D eigenvalue weighted by Crippen LogP contribution is -2.33. The molecule has 1 atom stereocenters. The van der Waals surface area contributed by atoms with Crippen LogP contribution in [0.2, 0.25) is 0 Å². The molecule has 0 heterocycles. The lowest BCUT2D eigenvalue weighted by molar-refractivity contribution is 0.193. The summed E-state index contributed by atoms with van der Waals surface area (Å²) in [5, 5.41) is 18.2. The van der Waals surface area contributed by atoms with Crippen molar-refractivity contribution in [3.05, 3.63) is 24.3 Å². The Morgan fingerprint density at radius 2 is 2.11 bits per heavy atom. The molecular formula is C14H24BNO3. The molecule has 19 heavy (non-hydrogen) atoms. The van der Waals surface area contributed by atoms with Gasteiger partial charge in [-0.25, -0.2) is 0 Å². The van der Waals surface area contributed by atoms with Crippen molar-refractivity contribution in [2.45, 2.75) is 32.7 Å². The second-order valence-electron chi connectivity index (χ2n) is 4.91. The third-order valence-electron chi connectivity index (χ3n) is 3.33.